The third kappa shape index (κ3) is 4.80. The van der Waals surface area contributed by atoms with E-state index in [2.05, 4.69) is 10.2 Å². The van der Waals surface area contributed by atoms with Crippen molar-refractivity contribution in [1.29, 1.82) is 0 Å². The highest BCUT2D eigenvalue weighted by atomic mass is 16.5. The zero-order valence-electron chi connectivity index (χ0n) is 14.0. The first kappa shape index (κ1) is 17.5. The number of ether oxygens (including phenoxy) is 1. The fourth-order valence-corrected chi connectivity index (χ4v) is 2.69. The predicted octanol–water partition coefficient (Wildman–Crippen LogP) is 0.0357. The maximum absolute atomic E-state index is 12.5. The molecule has 1 N–H and O–H groups in total. The molecule has 1 aromatic rings. The normalized spacial score (nSPS) is 18.9. The molecule has 128 valence electrons. The van der Waals surface area contributed by atoms with Gasteiger partial charge in [0.1, 0.15) is 24.2 Å². The van der Waals surface area contributed by atoms with E-state index in [1.54, 1.807) is 4.90 Å². The Labute approximate surface area is 136 Å². The van der Waals surface area contributed by atoms with Crippen molar-refractivity contribution in [3.8, 4) is 0 Å². The molecule has 23 heavy (non-hydrogen) atoms. The summed E-state index contributed by atoms with van der Waals surface area (Å²) < 4.78 is 10.4. The SMILES string of the molecule is COCC(=O)N1CCN(C)C[C@@H]1C(=O)NCCc1ccc(C)o1. The standard InChI is InChI=1S/C16H25N3O4/c1-12-4-5-13(23-12)6-7-17-16(21)14-10-18(2)8-9-19(14)15(20)11-22-3/h4-5,14H,6-11H2,1-3H3,(H,17,21)/t14-/m1/s1. The second kappa shape index (κ2) is 8.12. The quantitative estimate of drug-likeness (QED) is 0.800. The Balaban J connectivity index is 1.89. The maximum atomic E-state index is 12.5. The number of rotatable bonds is 6. The van der Waals surface area contributed by atoms with Crippen molar-refractivity contribution in [1.82, 2.24) is 15.1 Å². The van der Waals surface area contributed by atoms with Gasteiger partial charge in [0.2, 0.25) is 11.8 Å². The van der Waals surface area contributed by atoms with E-state index < -0.39 is 6.04 Å². The molecule has 0 saturated carbocycles. The molecule has 0 unspecified atom stereocenters. The van der Waals surface area contributed by atoms with Gasteiger partial charge in [0, 0.05) is 39.7 Å². The molecule has 0 radical (unpaired) electrons. The van der Waals surface area contributed by atoms with Crippen LogP contribution >= 0.6 is 0 Å². The van der Waals surface area contributed by atoms with Gasteiger partial charge in [-0.15, -0.1) is 0 Å². The number of furan rings is 1. The number of hydrogen-bond acceptors (Lipinski definition) is 5. The number of amides is 2. The van der Waals surface area contributed by atoms with Gasteiger partial charge in [-0.1, -0.05) is 0 Å². The van der Waals surface area contributed by atoms with Gasteiger partial charge in [0.05, 0.1) is 0 Å². The van der Waals surface area contributed by atoms with E-state index in [0.717, 1.165) is 18.1 Å². The van der Waals surface area contributed by atoms with E-state index in [1.807, 2.05) is 26.1 Å². The smallest absolute Gasteiger partial charge is 0.249 e. The molecule has 7 nitrogen and oxygen atoms in total. The Morgan fingerprint density at radius 3 is 2.83 bits per heavy atom. The molecule has 2 rings (SSSR count). The maximum Gasteiger partial charge on any atom is 0.249 e. The Hall–Kier alpha value is -1.86. The van der Waals surface area contributed by atoms with Crippen molar-refractivity contribution in [2.24, 2.45) is 0 Å². The van der Waals surface area contributed by atoms with Crippen LogP contribution < -0.4 is 5.32 Å². The monoisotopic (exact) mass is 323 g/mol. The lowest BCUT2D eigenvalue weighted by Gasteiger charge is -2.38. The van der Waals surface area contributed by atoms with Gasteiger partial charge >= 0.3 is 0 Å². The van der Waals surface area contributed by atoms with Crippen LogP contribution in [0, 0.1) is 6.92 Å². The van der Waals surface area contributed by atoms with Gasteiger partial charge in [-0.25, -0.2) is 0 Å². The van der Waals surface area contributed by atoms with Gasteiger partial charge in [-0.05, 0) is 26.1 Å². The second-order valence-electron chi connectivity index (χ2n) is 5.85. The number of carbonyl (C=O) groups excluding carboxylic acids is 2. The Morgan fingerprint density at radius 1 is 1.39 bits per heavy atom. The average Bonchev–Trinajstić information content (AvgIpc) is 2.92. The first-order chi connectivity index (χ1) is 11.0. The molecular formula is C16H25N3O4. The Morgan fingerprint density at radius 2 is 2.17 bits per heavy atom. The van der Waals surface area contributed by atoms with Crippen LogP contribution in [0.2, 0.25) is 0 Å². The summed E-state index contributed by atoms with van der Waals surface area (Å²) in [5.74, 6) is 1.42. The van der Waals surface area contributed by atoms with Crippen LogP contribution in [0.4, 0.5) is 0 Å². The molecule has 2 amide bonds. The molecule has 7 heteroatoms. The first-order valence-corrected chi connectivity index (χ1v) is 7.81. The summed E-state index contributed by atoms with van der Waals surface area (Å²) in [6, 6.07) is 3.33. The molecule has 0 bridgehead atoms. The number of aryl methyl sites for hydroxylation is 1. The highest BCUT2D eigenvalue weighted by Crippen LogP contribution is 2.10. The fourth-order valence-electron chi connectivity index (χ4n) is 2.69. The number of piperazine rings is 1. The molecule has 0 aromatic carbocycles. The van der Waals surface area contributed by atoms with Crippen LogP contribution in [0.3, 0.4) is 0 Å². The van der Waals surface area contributed by atoms with E-state index in [9.17, 15) is 9.59 Å². The highest BCUT2D eigenvalue weighted by molar-refractivity contribution is 5.88. The van der Waals surface area contributed by atoms with E-state index in [1.165, 1.54) is 7.11 Å². The van der Waals surface area contributed by atoms with Crippen LogP contribution in [0.25, 0.3) is 0 Å². The fraction of sp³-hybridized carbons (Fsp3) is 0.625. The van der Waals surface area contributed by atoms with Gasteiger partial charge in [-0.3, -0.25) is 9.59 Å². The van der Waals surface area contributed by atoms with Crippen LogP contribution in [-0.4, -0.2) is 74.6 Å². The number of likely N-dealkylation sites (N-methyl/N-ethyl adjacent to an activating group) is 1. The second-order valence-corrected chi connectivity index (χ2v) is 5.85. The summed E-state index contributed by atoms with van der Waals surface area (Å²) in [5, 5.41) is 2.90. The van der Waals surface area contributed by atoms with Crippen LogP contribution in [-0.2, 0) is 20.7 Å². The summed E-state index contributed by atoms with van der Waals surface area (Å²) in [5.41, 5.74) is 0. The van der Waals surface area contributed by atoms with Crippen LogP contribution in [0.1, 0.15) is 11.5 Å². The van der Waals surface area contributed by atoms with Gasteiger partial charge in [0.25, 0.3) is 0 Å². The summed E-state index contributed by atoms with van der Waals surface area (Å²) in [6.45, 7) is 4.19. The van der Waals surface area contributed by atoms with Crippen LogP contribution in [0.5, 0.6) is 0 Å². The predicted molar refractivity (Wildman–Crippen MR) is 85.0 cm³/mol. The molecule has 1 aliphatic heterocycles. The van der Waals surface area contributed by atoms with Gasteiger partial charge < -0.3 is 24.3 Å². The van der Waals surface area contributed by atoms with E-state index in [0.29, 0.717) is 26.1 Å². The molecule has 0 spiro atoms. The molecule has 1 saturated heterocycles. The summed E-state index contributed by atoms with van der Waals surface area (Å²) in [6.07, 6.45) is 0.633. The molecule has 1 aromatic heterocycles. The molecule has 1 aliphatic rings. The average molecular weight is 323 g/mol. The van der Waals surface area contributed by atoms with Crippen molar-refractivity contribution < 1.29 is 18.7 Å². The lowest BCUT2D eigenvalue weighted by molar-refractivity contribution is -0.146. The van der Waals surface area contributed by atoms with Gasteiger partial charge in [-0.2, -0.15) is 0 Å². The molecule has 0 aliphatic carbocycles. The summed E-state index contributed by atoms with van der Waals surface area (Å²) in [7, 11) is 3.43. The molecular weight excluding hydrogens is 298 g/mol. The van der Waals surface area contributed by atoms with E-state index in [4.69, 9.17) is 9.15 Å². The van der Waals surface area contributed by atoms with E-state index in [-0.39, 0.29) is 18.4 Å². The summed E-state index contributed by atoms with van der Waals surface area (Å²) >= 11 is 0. The number of hydrogen-bond donors (Lipinski definition) is 1. The first-order valence-electron chi connectivity index (χ1n) is 7.81. The topological polar surface area (TPSA) is 75.0 Å². The third-order valence-electron chi connectivity index (χ3n) is 3.94. The molecule has 2 heterocycles. The van der Waals surface area contributed by atoms with Crippen molar-refractivity contribution in [2.45, 2.75) is 19.4 Å². The minimum absolute atomic E-state index is 0.000827. The largest absolute Gasteiger partial charge is 0.466 e. The lowest BCUT2D eigenvalue weighted by atomic mass is 10.1. The molecule has 1 fully saturated rings. The van der Waals surface area contributed by atoms with Crippen LogP contribution in [0.15, 0.2) is 16.5 Å². The molecule has 1 atom stereocenters. The summed E-state index contributed by atoms with van der Waals surface area (Å²) in [4.78, 5) is 28.2. The van der Waals surface area contributed by atoms with E-state index >= 15 is 0 Å². The number of methoxy groups -OCH3 is 1. The Bertz CT molecular complexity index is 543. The zero-order chi connectivity index (χ0) is 16.8. The van der Waals surface area contributed by atoms with Crippen molar-refractivity contribution in [2.75, 3.05) is 46.9 Å². The third-order valence-corrected chi connectivity index (χ3v) is 3.94. The van der Waals surface area contributed by atoms with Crippen molar-refractivity contribution >= 4 is 11.8 Å². The minimum atomic E-state index is -0.477. The van der Waals surface area contributed by atoms with Crippen molar-refractivity contribution in [3.63, 3.8) is 0 Å². The number of nitrogens with zero attached hydrogens (tertiary/aromatic N) is 2. The van der Waals surface area contributed by atoms with Gasteiger partial charge in [0.15, 0.2) is 0 Å². The van der Waals surface area contributed by atoms with Crippen molar-refractivity contribution in [3.05, 3.63) is 23.7 Å². The lowest BCUT2D eigenvalue weighted by Crippen LogP contribution is -2.60. The minimum Gasteiger partial charge on any atom is -0.466 e. The number of carbonyl (C=O) groups is 2. The Kier molecular flexibility index (Phi) is 6.18. The highest BCUT2D eigenvalue weighted by Gasteiger charge is 2.33. The number of nitrogens with one attached hydrogen (secondary N) is 1. The zero-order valence-corrected chi connectivity index (χ0v) is 14.0.